The first-order valence-corrected chi connectivity index (χ1v) is 9.26. The van der Waals surface area contributed by atoms with Crippen LogP contribution in [-0.2, 0) is 7.05 Å². The fourth-order valence-electron chi connectivity index (χ4n) is 3.37. The van der Waals surface area contributed by atoms with Gasteiger partial charge in [-0.3, -0.25) is 0 Å². The smallest absolute Gasteiger partial charge is 0.161 e. The minimum atomic E-state index is 0.698. The molecule has 6 heteroatoms. The Kier molecular flexibility index (Phi) is 3.95. The molecule has 0 fully saturated rings. The van der Waals surface area contributed by atoms with E-state index in [4.69, 9.17) is 11.6 Å². The molecule has 0 bridgehead atoms. The van der Waals surface area contributed by atoms with Crippen LogP contribution in [0.5, 0.6) is 0 Å². The Morgan fingerprint density at radius 3 is 2.50 bits per heavy atom. The standard InChI is InChI=1S/C22H16ClN5/c1-28-13-24-19-12-16(10-11-20(19)28)25-22-18-5-3-2-4-17(18)21(26-27-22)14-6-8-15(23)9-7-14/h2-13H,1H3,(H,25,27). The molecule has 0 saturated heterocycles. The third-order valence-corrected chi connectivity index (χ3v) is 5.05. The van der Waals surface area contributed by atoms with Crippen molar-refractivity contribution in [2.45, 2.75) is 0 Å². The molecular weight excluding hydrogens is 370 g/mol. The van der Waals surface area contributed by atoms with Gasteiger partial charge >= 0.3 is 0 Å². The Balaban J connectivity index is 1.60. The molecule has 0 saturated carbocycles. The third kappa shape index (κ3) is 2.86. The van der Waals surface area contributed by atoms with Crippen LogP contribution in [0.25, 0.3) is 33.1 Å². The van der Waals surface area contributed by atoms with E-state index < -0.39 is 0 Å². The van der Waals surface area contributed by atoms with Crippen LogP contribution in [0.2, 0.25) is 5.02 Å². The predicted molar refractivity (Wildman–Crippen MR) is 114 cm³/mol. The topological polar surface area (TPSA) is 55.6 Å². The summed E-state index contributed by atoms with van der Waals surface area (Å²) in [6.45, 7) is 0. The zero-order valence-electron chi connectivity index (χ0n) is 15.1. The van der Waals surface area contributed by atoms with Crippen molar-refractivity contribution in [3.63, 3.8) is 0 Å². The SMILES string of the molecule is Cn1cnc2cc(Nc3nnc(-c4ccc(Cl)cc4)c4ccccc34)ccc21. The molecule has 136 valence electrons. The van der Waals surface area contributed by atoms with E-state index in [0.717, 1.165) is 38.8 Å². The lowest BCUT2D eigenvalue weighted by Gasteiger charge is -2.11. The minimum Gasteiger partial charge on any atom is -0.338 e. The summed E-state index contributed by atoms with van der Waals surface area (Å²) in [6.07, 6.45) is 1.81. The van der Waals surface area contributed by atoms with Gasteiger partial charge in [-0.05, 0) is 30.3 Å². The molecule has 5 nitrogen and oxygen atoms in total. The molecule has 0 atom stereocenters. The number of aromatic nitrogens is 4. The molecule has 0 radical (unpaired) electrons. The Labute approximate surface area is 166 Å². The number of benzene rings is 3. The summed E-state index contributed by atoms with van der Waals surface area (Å²) in [5.74, 6) is 0.712. The summed E-state index contributed by atoms with van der Waals surface area (Å²) in [6, 6.07) is 21.8. The third-order valence-electron chi connectivity index (χ3n) is 4.79. The summed E-state index contributed by atoms with van der Waals surface area (Å²) in [4.78, 5) is 4.42. The van der Waals surface area contributed by atoms with Crippen LogP contribution >= 0.6 is 11.6 Å². The number of anilines is 2. The number of nitrogens with zero attached hydrogens (tertiary/aromatic N) is 4. The predicted octanol–water partition coefficient (Wildman–Crippen LogP) is 5.58. The number of hydrogen-bond acceptors (Lipinski definition) is 4. The molecule has 0 aliphatic heterocycles. The van der Waals surface area contributed by atoms with E-state index in [9.17, 15) is 0 Å². The fourth-order valence-corrected chi connectivity index (χ4v) is 3.49. The molecule has 3 aromatic carbocycles. The monoisotopic (exact) mass is 385 g/mol. The van der Waals surface area contributed by atoms with E-state index in [1.165, 1.54) is 0 Å². The van der Waals surface area contributed by atoms with E-state index in [1.807, 2.05) is 78.6 Å². The largest absolute Gasteiger partial charge is 0.338 e. The molecule has 1 N–H and O–H groups in total. The lowest BCUT2D eigenvalue weighted by molar-refractivity contribution is 0.948. The van der Waals surface area contributed by atoms with Gasteiger partial charge in [-0.25, -0.2) is 4.98 Å². The van der Waals surface area contributed by atoms with Crippen LogP contribution in [0.15, 0.2) is 73.1 Å². The molecule has 2 aromatic heterocycles. The highest BCUT2D eigenvalue weighted by molar-refractivity contribution is 6.30. The summed E-state index contributed by atoms with van der Waals surface area (Å²) in [5, 5.41) is 15.1. The number of imidazole rings is 1. The minimum absolute atomic E-state index is 0.698. The van der Waals surface area contributed by atoms with E-state index in [2.05, 4.69) is 26.6 Å². The molecule has 2 heterocycles. The first-order valence-electron chi connectivity index (χ1n) is 8.88. The number of aryl methyl sites for hydroxylation is 1. The maximum Gasteiger partial charge on any atom is 0.161 e. The van der Waals surface area contributed by atoms with Crippen molar-refractivity contribution in [1.29, 1.82) is 0 Å². The fraction of sp³-hybridized carbons (Fsp3) is 0.0455. The first-order chi connectivity index (χ1) is 13.7. The van der Waals surface area contributed by atoms with Gasteiger partial charge in [0.25, 0.3) is 0 Å². The summed E-state index contributed by atoms with van der Waals surface area (Å²) >= 11 is 6.02. The van der Waals surface area contributed by atoms with Crippen molar-refractivity contribution in [3.8, 4) is 11.3 Å². The molecule has 0 spiro atoms. The van der Waals surface area contributed by atoms with Crippen molar-refractivity contribution >= 4 is 44.9 Å². The van der Waals surface area contributed by atoms with E-state index in [1.54, 1.807) is 0 Å². The van der Waals surface area contributed by atoms with Crippen molar-refractivity contribution in [3.05, 3.63) is 78.1 Å². The van der Waals surface area contributed by atoms with Gasteiger partial charge in [-0.15, -0.1) is 10.2 Å². The molecular formula is C22H16ClN5. The van der Waals surface area contributed by atoms with Gasteiger partial charge < -0.3 is 9.88 Å². The Bertz CT molecular complexity index is 1310. The van der Waals surface area contributed by atoms with Gasteiger partial charge in [0.2, 0.25) is 0 Å². The van der Waals surface area contributed by atoms with Gasteiger partial charge in [0.05, 0.1) is 17.4 Å². The van der Waals surface area contributed by atoms with Crippen LogP contribution in [-0.4, -0.2) is 19.7 Å². The van der Waals surface area contributed by atoms with Gasteiger partial charge in [0, 0.05) is 34.1 Å². The van der Waals surface area contributed by atoms with Crippen LogP contribution in [0.3, 0.4) is 0 Å². The van der Waals surface area contributed by atoms with E-state index >= 15 is 0 Å². The van der Waals surface area contributed by atoms with Gasteiger partial charge in [0.15, 0.2) is 5.82 Å². The van der Waals surface area contributed by atoms with E-state index in [-0.39, 0.29) is 0 Å². The number of rotatable bonds is 3. The van der Waals surface area contributed by atoms with Gasteiger partial charge in [0.1, 0.15) is 5.69 Å². The zero-order valence-corrected chi connectivity index (χ0v) is 15.9. The van der Waals surface area contributed by atoms with Crippen LogP contribution in [0.4, 0.5) is 11.5 Å². The lowest BCUT2D eigenvalue weighted by atomic mass is 10.0. The highest BCUT2D eigenvalue weighted by Crippen LogP contribution is 2.32. The molecule has 0 unspecified atom stereocenters. The Morgan fingerprint density at radius 2 is 1.68 bits per heavy atom. The lowest BCUT2D eigenvalue weighted by Crippen LogP contribution is -1.99. The maximum atomic E-state index is 6.02. The molecule has 5 aromatic rings. The van der Waals surface area contributed by atoms with Crippen LogP contribution < -0.4 is 5.32 Å². The summed E-state index contributed by atoms with van der Waals surface area (Å²) in [5.41, 5.74) is 4.75. The molecule has 5 rings (SSSR count). The van der Waals surface area contributed by atoms with Gasteiger partial charge in [-0.1, -0.05) is 48.0 Å². The Hall–Kier alpha value is -3.44. The highest BCUT2D eigenvalue weighted by Gasteiger charge is 2.11. The van der Waals surface area contributed by atoms with Crippen molar-refractivity contribution in [2.24, 2.45) is 7.05 Å². The number of nitrogens with one attached hydrogen (secondary N) is 1. The van der Waals surface area contributed by atoms with E-state index in [0.29, 0.717) is 10.8 Å². The quantitative estimate of drug-likeness (QED) is 0.440. The van der Waals surface area contributed by atoms with Crippen LogP contribution in [0.1, 0.15) is 0 Å². The van der Waals surface area contributed by atoms with Crippen molar-refractivity contribution in [1.82, 2.24) is 19.7 Å². The van der Waals surface area contributed by atoms with Crippen molar-refractivity contribution in [2.75, 3.05) is 5.32 Å². The molecule has 0 aliphatic carbocycles. The first kappa shape index (κ1) is 16.7. The second-order valence-electron chi connectivity index (χ2n) is 6.63. The highest BCUT2D eigenvalue weighted by atomic mass is 35.5. The number of hydrogen-bond donors (Lipinski definition) is 1. The normalized spacial score (nSPS) is 11.2. The zero-order chi connectivity index (χ0) is 19.1. The summed E-state index contributed by atoms with van der Waals surface area (Å²) < 4.78 is 2.00. The molecule has 0 amide bonds. The second kappa shape index (κ2) is 6.62. The Morgan fingerprint density at radius 1 is 0.893 bits per heavy atom. The van der Waals surface area contributed by atoms with Crippen molar-refractivity contribution < 1.29 is 0 Å². The maximum absolute atomic E-state index is 6.02. The molecule has 0 aliphatic rings. The average Bonchev–Trinajstić information content (AvgIpc) is 3.09. The number of fused-ring (bicyclic) bond motifs is 2. The summed E-state index contributed by atoms with van der Waals surface area (Å²) in [7, 11) is 1.98. The van der Waals surface area contributed by atoms with Crippen LogP contribution in [0, 0.1) is 0 Å². The number of halogens is 1. The second-order valence-corrected chi connectivity index (χ2v) is 7.07. The average molecular weight is 386 g/mol. The van der Waals surface area contributed by atoms with Gasteiger partial charge in [-0.2, -0.15) is 0 Å². The molecule has 28 heavy (non-hydrogen) atoms.